The van der Waals surface area contributed by atoms with Gasteiger partial charge in [-0.15, -0.1) is 0 Å². The van der Waals surface area contributed by atoms with Gasteiger partial charge in [0, 0.05) is 6.54 Å². The van der Waals surface area contributed by atoms with E-state index in [4.69, 9.17) is 0 Å². The van der Waals surface area contributed by atoms with Crippen molar-refractivity contribution in [1.82, 2.24) is 0 Å². The fourth-order valence-electron chi connectivity index (χ4n) is 4.48. The Kier molecular flexibility index (Phi) is 29.4. The lowest BCUT2D eigenvalue weighted by atomic mass is 10.0. The largest absolute Gasteiger partial charge is 0.298 e. The molecule has 0 aromatic heterocycles. The summed E-state index contributed by atoms with van der Waals surface area (Å²) < 4.78 is 0. The van der Waals surface area contributed by atoms with Crippen molar-refractivity contribution in [3.63, 3.8) is 0 Å². The van der Waals surface area contributed by atoms with Gasteiger partial charge in [-0.25, -0.2) is 0 Å². The van der Waals surface area contributed by atoms with Crippen molar-refractivity contribution >= 4 is 6.21 Å². The van der Waals surface area contributed by atoms with Crippen LogP contribution in [-0.2, 0) is 0 Å². The molecule has 0 atom stereocenters. The van der Waals surface area contributed by atoms with E-state index in [0.29, 0.717) is 0 Å². The third-order valence-electron chi connectivity index (χ3n) is 6.71. The summed E-state index contributed by atoms with van der Waals surface area (Å²) in [5.41, 5.74) is 0. The molecule has 0 aromatic carbocycles. The summed E-state index contributed by atoms with van der Waals surface area (Å²) in [7, 11) is 0. The zero-order valence-corrected chi connectivity index (χ0v) is 22.1. The van der Waals surface area contributed by atoms with Crippen LogP contribution in [0.5, 0.6) is 0 Å². The highest BCUT2D eigenvalue weighted by molar-refractivity contribution is 5.56. The first-order valence-corrected chi connectivity index (χ1v) is 14.9. The topological polar surface area (TPSA) is 12.4 Å². The molecule has 0 aliphatic carbocycles. The number of rotatable bonds is 27. The van der Waals surface area contributed by atoms with Gasteiger partial charge in [0.05, 0.1) is 0 Å². The lowest BCUT2D eigenvalue weighted by Crippen LogP contribution is -1.86. The first kappa shape index (κ1) is 30.7. The van der Waals surface area contributed by atoms with E-state index in [1.807, 2.05) is 0 Å². The highest BCUT2D eigenvalue weighted by Crippen LogP contribution is 2.13. The van der Waals surface area contributed by atoms with Crippen LogP contribution < -0.4 is 0 Å². The molecule has 0 heterocycles. The van der Waals surface area contributed by atoms with E-state index < -0.39 is 0 Å². The van der Waals surface area contributed by atoms with Gasteiger partial charge in [-0.3, -0.25) is 4.99 Å². The van der Waals surface area contributed by atoms with Crippen LogP contribution in [0, 0.1) is 0 Å². The molecule has 0 spiro atoms. The van der Waals surface area contributed by atoms with Gasteiger partial charge in [0.25, 0.3) is 0 Å². The van der Waals surface area contributed by atoms with E-state index in [0.717, 1.165) is 6.54 Å². The van der Waals surface area contributed by atoms with E-state index >= 15 is 0 Å². The minimum atomic E-state index is 1.07. The fraction of sp³-hybridized carbons (Fsp3) is 0.967. The molecule has 186 valence electrons. The van der Waals surface area contributed by atoms with Crippen molar-refractivity contribution in [3.8, 4) is 0 Å². The predicted octanol–water partition coefficient (Wildman–Crippen LogP) is 11.2. The van der Waals surface area contributed by atoms with Crippen molar-refractivity contribution in [2.75, 3.05) is 6.54 Å². The maximum atomic E-state index is 4.62. The molecule has 0 saturated heterocycles. The molecule has 0 fully saturated rings. The maximum Gasteiger partial charge on any atom is 0.0385 e. The Hall–Kier alpha value is -0.330. The molecule has 31 heavy (non-hydrogen) atoms. The van der Waals surface area contributed by atoms with Crippen molar-refractivity contribution in [1.29, 1.82) is 0 Å². The van der Waals surface area contributed by atoms with Crippen LogP contribution in [-0.4, -0.2) is 12.8 Å². The number of unbranched alkanes of at least 4 members (excludes halogenated alkanes) is 24. The van der Waals surface area contributed by atoms with Gasteiger partial charge in [-0.2, -0.15) is 0 Å². The normalized spacial score (nSPS) is 11.7. The summed E-state index contributed by atoms with van der Waals surface area (Å²) in [5, 5.41) is 0. The number of aliphatic imine (C=N–C) groups is 1. The zero-order valence-electron chi connectivity index (χ0n) is 22.1. The van der Waals surface area contributed by atoms with Crippen LogP contribution in [0.4, 0.5) is 0 Å². The summed E-state index contributed by atoms with van der Waals surface area (Å²) in [4.78, 5) is 4.62. The van der Waals surface area contributed by atoms with E-state index in [9.17, 15) is 0 Å². The average Bonchev–Trinajstić information content (AvgIpc) is 2.78. The lowest BCUT2D eigenvalue weighted by molar-refractivity contribution is 0.541. The summed E-state index contributed by atoms with van der Waals surface area (Å²) in [5.74, 6) is 0. The summed E-state index contributed by atoms with van der Waals surface area (Å²) >= 11 is 0. The summed E-state index contributed by atoms with van der Waals surface area (Å²) in [6, 6.07) is 0. The van der Waals surface area contributed by atoms with Crippen LogP contribution in [0.15, 0.2) is 4.99 Å². The molecule has 0 rings (SSSR count). The third-order valence-corrected chi connectivity index (χ3v) is 6.71. The first-order valence-electron chi connectivity index (χ1n) is 14.9. The first-order chi connectivity index (χ1) is 15.4. The molecule has 0 amide bonds. The van der Waals surface area contributed by atoms with Crippen LogP contribution in [0.25, 0.3) is 0 Å². The van der Waals surface area contributed by atoms with E-state index in [1.54, 1.807) is 0 Å². The number of nitrogens with zero attached hydrogens (tertiary/aromatic N) is 1. The molecule has 0 aromatic rings. The second-order valence-corrected chi connectivity index (χ2v) is 10.0. The quantitative estimate of drug-likeness (QED) is 0.0898. The van der Waals surface area contributed by atoms with E-state index in [-0.39, 0.29) is 0 Å². The standard InChI is InChI=1S/C30H61N/c1-3-5-7-9-11-13-15-17-18-20-22-24-26-28-30-31-29-27-25-23-21-19-16-14-12-10-8-6-4-2/h30H,3-29H2,1-2H3. The minimum absolute atomic E-state index is 1.07. The van der Waals surface area contributed by atoms with Crippen molar-refractivity contribution in [2.45, 2.75) is 181 Å². The molecular weight excluding hydrogens is 374 g/mol. The molecular formula is C30H61N. The molecule has 0 aliphatic heterocycles. The third kappa shape index (κ3) is 29.7. The minimum Gasteiger partial charge on any atom is -0.298 e. The Balaban J connectivity index is 3.06. The second-order valence-electron chi connectivity index (χ2n) is 10.0. The van der Waals surface area contributed by atoms with Gasteiger partial charge in [-0.1, -0.05) is 162 Å². The average molecular weight is 436 g/mol. The van der Waals surface area contributed by atoms with Gasteiger partial charge in [0.15, 0.2) is 0 Å². The van der Waals surface area contributed by atoms with Crippen LogP contribution >= 0.6 is 0 Å². The molecule has 1 heteroatoms. The van der Waals surface area contributed by atoms with Gasteiger partial charge >= 0.3 is 0 Å². The lowest BCUT2D eigenvalue weighted by Gasteiger charge is -2.02. The zero-order chi connectivity index (χ0) is 22.5. The monoisotopic (exact) mass is 435 g/mol. The van der Waals surface area contributed by atoms with Gasteiger partial charge in [0.2, 0.25) is 0 Å². The highest BCUT2D eigenvalue weighted by Gasteiger charge is 1.95. The smallest absolute Gasteiger partial charge is 0.0385 e. The molecule has 0 bridgehead atoms. The predicted molar refractivity (Wildman–Crippen MR) is 145 cm³/mol. The fourth-order valence-corrected chi connectivity index (χ4v) is 4.48. The van der Waals surface area contributed by atoms with Gasteiger partial charge < -0.3 is 0 Å². The molecule has 0 saturated carbocycles. The molecule has 0 N–H and O–H groups in total. The van der Waals surface area contributed by atoms with Crippen molar-refractivity contribution in [3.05, 3.63) is 0 Å². The summed E-state index contributed by atoms with van der Waals surface area (Å²) in [6.45, 7) is 5.66. The van der Waals surface area contributed by atoms with E-state index in [2.05, 4.69) is 25.1 Å². The van der Waals surface area contributed by atoms with Gasteiger partial charge in [-0.05, 0) is 25.5 Å². The van der Waals surface area contributed by atoms with Crippen molar-refractivity contribution in [2.24, 2.45) is 4.99 Å². The van der Waals surface area contributed by atoms with Crippen LogP contribution in [0.3, 0.4) is 0 Å². The van der Waals surface area contributed by atoms with Crippen molar-refractivity contribution < 1.29 is 0 Å². The highest BCUT2D eigenvalue weighted by atomic mass is 14.7. The molecule has 0 unspecified atom stereocenters. The molecule has 1 nitrogen and oxygen atoms in total. The Bertz CT molecular complexity index is 322. The second kappa shape index (κ2) is 29.7. The maximum absolute atomic E-state index is 4.62. The Morgan fingerprint density at radius 3 is 1.00 bits per heavy atom. The van der Waals surface area contributed by atoms with Gasteiger partial charge in [0.1, 0.15) is 0 Å². The number of hydrogen-bond donors (Lipinski definition) is 0. The van der Waals surface area contributed by atoms with Crippen LogP contribution in [0.1, 0.15) is 181 Å². The Morgan fingerprint density at radius 2 is 0.645 bits per heavy atom. The summed E-state index contributed by atoms with van der Waals surface area (Å²) in [6.07, 6.45) is 39.2. The Morgan fingerprint density at radius 1 is 0.355 bits per heavy atom. The molecule has 0 radical (unpaired) electrons. The number of hydrogen-bond acceptors (Lipinski definition) is 1. The Labute approximate surface area is 198 Å². The molecule has 0 aliphatic rings. The SMILES string of the molecule is CCCCCCCCCCCCCCCC=NCCCCCCCCCCCCCC. The van der Waals surface area contributed by atoms with E-state index in [1.165, 1.54) is 167 Å². The van der Waals surface area contributed by atoms with Crippen LogP contribution in [0.2, 0.25) is 0 Å².